The molecule has 1 atom stereocenters. The van der Waals surface area contributed by atoms with Gasteiger partial charge in [-0.25, -0.2) is 4.98 Å². The Morgan fingerprint density at radius 1 is 1.05 bits per heavy atom. The molecule has 3 aromatic rings. The SMILES string of the molecule is O=C(NCC(Cc1ccc(C#Cc2ccc(CN3CCOCC3)cc2)cc1)c1nc[nH]c(=O)c1O)C(F)(F)F. The zero-order valence-corrected chi connectivity index (χ0v) is 20.9. The second-order valence-electron chi connectivity index (χ2n) is 9.11. The molecule has 4 rings (SSSR count). The van der Waals surface area contributed by atoms with Crippen molar-refractivity contribution in [1.29, 1.82) is 0 Å². The van der Waals surface area contributed by atoms with E-state index in [9.17, 15) is 27.9 Å². The quantitative estimate of drug-likeness (QED) is 0.398. The van der Waals surface area contributed by atoms with Crippen molar-refractivity contribution in [3.8, 4) is 17.6 Å². The molecule has 2 heterocycles. The van der Waals surface area contributed by atoms with E-state index in [1.54, 1.807) is 29.6 Å². The van der Waals surface area contributed by atoms with E-state index < -0.39 is 35.9 Å². The zero-order valence-electron chi connectivity index (χ0n) is 20.9. The highest BCUT2D eigenvalue weighted by molar-refractivity contribution is 5.81. The first-order chi connectivity index (χ1) is 18.7. The molecule has 3 N–H and O–H groups in total. The monoisotopic (exact) mass is 540 g/mol. The standard InChI is InChI=1S/C28H27F3N4O4/c29-28(30,31)27(38)32-16-23(24-25(36)26(37)34-18-33-24)15-21-7-3-19(4-8-21)1-2-20-5-9-22(10-6-20)17-35-11-13-39-14-12-35/h3-10,18,23,36H,11-17H2,(H,32,38)(H,33,34,37). The predicted octanol–water partition coefficient (Wildman–Crippen LogP) is 2.71. The molecule has 0 saturated carbocycles. The van der Waals surface area contributed by atoms with Gasteiger partial charge < -0.3 is 20.1 Å². The number of carbonyl (C=O) groups is 1. The molecule has 11 heteroatoms. The summed E-state index contributed by atoms with van der Waals surface area (Å²) in [6.07, 6.45) is -3.90. The number of ether oxygens (including phenoxy) is 1. The van der Waals surface area contributed by atoms with Gasteiger partial charge in [-0.2, -0.15) is 13.2 Å². The lowest BCUT2D eigenvalue weighted by Gasteiger charge is -2.26. The molecular weight excluding hydrogens is 513 g/mol. The fourth-order valence-electron chi connectivity index (χ4n) is 4.15. The highest BCUT2D eigenvalue weighted by Crippen LogP contribution is 2.24. The van der Waals surface area contributed by atoms with Crippen LogP contribution >= 0.6 is 0 Å². The fraction of sp³-hybridized carbons (Fsp3) is 0.321. The number of H-pyrrole nitrogens is 1. The van der Waals surface area contributed by atoms with Gasteiger partial charge >= 0.3 is 12.1 Å². The third-order valence-corrected chi connectivity index (χ3v) is 6.26. The Morgan fingerprint density at radius 2 is 1.64 bits per heavy atom. The van der Waals surface area contributed by atoms with E-state index in [1.165, 1.54) is 5.56 Å². The number of aromatic amines is 1. The summed E-state index contributed by atoms with van der Waals surface area (Å²) in [7, 11) is 0. The van der Waals surface area contributed by atoms with Gasteiger partial charge in [0.1, 0.15) is 0 Å². The van der Waals surface area contributed by atoms with Crippen LogP contribution in [0.2, 0.25) is 0 Å². The first kappa shape index (κ1) is 27.9. The lowest BCUT2D eigenvalue weighted by Crippen LogP contribution is -2.39. The van der Waals surface area contributed by atoms with Gasteiger partial charge in [0, 0.05) is 43.2 Å². The van der Waals surface area contributed by atoms with Crippen molar-refractivity contribution in [2.24, 2.45) is 0 Å². The summed E-state index contributed by atoms with van der Waals surface area (Å²) in [5.41, 5.74) is 2.56. The number of aromatic nitrogens is 2. The molecule has 1 aliphatic heterocycles. The smallest absolute Gasteiger partial charge is 0.471 e. The summed E-state index contributed by atoms with van der Waals surface area (Å²) in [6, 6.07) is 15.1. The Kier molecular flexibility index (Phi) is 9.01. The Hall–Kier alpha value is -4.14. The lowest BCUT2D eigenvalue weighted by molar-refractivity contribution is -0.173. The van der Waals surface area contributed by atoms with Crippen molar-refractivity contribution in [2.45, 2.75) is 25.1 Å². The summed E-state index contributed by atoms with van der Waals surface area (Å²) >= 11 is 0. The number of amides is 1. The highest BCUT2D eigenvalue weighted by Gasteiger charge is 2.39. The van der Waals surface area contributed by atoms with Crippen molar-refractivity contribution < 1.29 is 27.8 Å². The largest absolute Gasteiger partial charge is 0.502 e. The number of hydrogen-bond donors (Lipinski definition) is 3. The maximum absolute atomic E-state index is 12.7. The lowest BCUT2D eigenvalue weighted by atomic mass is 9.94. The Balaban J connectivity index is 1.42. The molecule has 0 aliphatic carbocycles. The first-order valence-corrected chi connectivity index (χ1v) is 12.3. The van der Waals surface area contributed by atoms with Gasteiger partial charge in [-0.05, 0) is 41.8 Å². The highest BCUT2D eigenvalue weighted by atomic mass is 19.4. The summed E-state index contributed by atoms with van der Waals surface area (Å²) in [6.45, 7) is 3.73. The zero-order chi connectivity index (χ0) is 27.8. The molecule has 8 nitrogen and oxygen atoms in total. The maximum Gasteiger partial charge on any atom is 0.471 e. The number of morpholine rings is 1. The molecule has 1 aromatic heterocycles. The number of alkyl halides is 3. The van der Waals surface area contributed by atoms with E-state index in [2.05, 4.69) is 38.8 Å². The summed E-state index contributed by atoms with van der Waals surface area (Å²) < 4.78 is 43.4. The van der Waals surface area contributed by atoms with Crippen LogP contribution in [0, 0.1) is 11.8 Å². The van der Waals surface area contributed by atoms with Gasteiger partial charge in [-0.15, -0.1) is 0 Å². The maximum atomic E-state index is 12.7. The minimum absolute atomic E-state index is 0.109. The predicted molar refractivity (Wildman–Crippen MR) is 137 cm³/mol. The normalized spacial score (nSPS) is 14.7. The minimum Gasteiger partial charge on any atom is -0.502 e. The molecule has 0 spiro atoms. The van der Waals surface area contributed by atoms with Crippen molar-refractivity contribution >= 4 is 5.91 Å². The summed E-state index contributed by atoms with van der Waals surface area (Å²) in [4.78, 5) is 31.6. The second-order valence-corrected chi connectivity index (χ2v) is 9.11. The minimum atomic E-state index is -5.06. The Labute approximate surface area is 222 Å². The van der Waals surface area contributed by atoms with Crippen molar-refractivity contribution in [3.63, 3.8) is 0 Å². The van der Waals surface area contributed by atoms with Gasteiger partial charge in [0.15, 0.2) is 0 Å². The first-order valence-electron chi connectivity index (χ1n) is 12.3. The van der Waals surface area contributed by atoms with Crippen LogP contribution in [0.15, 0.2) is 59.7 Å². The molecule has 2 aromatic carbocycles. The molecule has 1 unspecified atom stereocenters. The van der Waals surface area contributed by atoms with E-state index >= 15 is 0 Å². The number of carbonyl (C=O) groups excluding carboxylic acids is 1. The van der Waals surface area contributed by atoms with Gasteiger partial charge in [0.25, 0.3) is 5.56 Å². The van der Waals surface area contributed by atoms with E-state index in [0.717, 1.165) is 50.3 Å². The van der Waals surface area contributed by atoms with E-state index in [-0.39, 0.29) is 12.1 Å². The van der Waals surface area contributed by atoms with E-state index in [1.807, 2.05) is 12.1 Å². The molecule has 0 radical (unpaired) electrons. The topological polar surface area (TPSA) is 108 Å². The van der Waals surface area contributed by atoms with Crippen LogP contribution in [0.4, 0.5) is 13.2 Å². The molecule has 1 fully saturated rings. The summed E-state index contributed by atoms with van der Waals surface area (Å²) in [5, 5.41) is 11.9. The van der Waals surface area contributed by atoms with Gasteiger partial charge in [0.2, 0.25) is 5.75 Å². The van der Waals surface area contributed by atoms with Crippen LogP contribution < -0.4 is 10.9 Å². The van der Waals surface area contributed by atoms with Gasteiger partial charge in [-0.1, -0.05) is 36.1 Å². The number of aromatic hydroxyl groups is 1. The third-order valence-electron chi connectivity index (χ3n) is 6.26. The molecule has 39 heavy (non-hydrogen) atoms. The number of benzene rings is 2. The molecule has 1 aliphatic rings. The van der Waals surface area contributed by atoms with Crippen LogP contribution in [-0.2, 0) is 22.5 Å². The fourth-order valence-corrected chi connectivity index (χ4v) is 4.15. The molecule has 204 valence electrons. The van der Waals surface area contributed by atoms with Crippen molar-refractivity contribution in [3.05, 3.63) is 93.2 Å². The molecule has 1 amide bonds. The number of hydrogen-bond acceptors (Lipinski definition) is 6. The Bertz CT molecular complexity index is 1390. The number of rotatable bonds is 7. The average Bonchev–Trinajstić information content (AvgIpc) is 2.93. The number of nitrogens with one attached hydrogen (secondary N) is 2. The van der Waals surface area contributed by atoms with E-state index in [4.69, 9.17) is 4.74 Å². The molecular formula is C28H27F3N4O4. The molecule has 0 bridgehead atoms. The van der Waals surface area contributed by atoms with Crippen LogP contribution in [-0.4, -0.2) is 64.9 Å². The number of nitrogens with zero attached hydrogens (tertiary/aromatic N) is 2. The average molecular weight is 541 g/mol. The van der Waals surface area contributed by atoms with Crippen LogP contribution in [0.1, 0.15) is 33.9 Å². The van der Waals surface area contributed by atoms with Crippen LogP contribution in [0.5, 0.6) is 5.75 Å². The van der Waals surface area contributed by atoms with Crippen LogP contribution in [0.25, 0.3) is 0 Å². The summed E-state index contributed by atoms with van der Waals surface area (Å²) in [5.74, 6) is 2.51. The number of halogens is 3. The Morgan fingerprint density at radius 3 is 2.23 bits per heavy atom. The third kappa shape index (κ3) is 7.92. The van der Waals surface area contributed by atoms with Crippen LogP contribution in [0.3, 0.4) is 0 Å². The second kappa shape index (κ2) is 12.6. The van der Waals surface area contributed by atoms with Crippen molar-refractivity contribution in [1.82, 2.24) is 20.2 Å². The van der Waals surface area contributed by atoms with Gasteiger partial charge in [-0.3, -0.25) is 14.5 Å². The molecule has 1 saturated heterocycles. The van der Waals surface area contributed by atoms with E-state index in [0.29, 0.717) is 5.56 Å². The van der Waals surface area contributed by atoms with Crippen molar-refractivity contribution in [2.75, 3.05) is 32.8 Å². The van der Waals surface area contributed by atoms with Gasteiger partial charge in [0.05, 0.1) is 25.2 Å².